The smallest absolute Gasteiger partial charge is 0.255 e. The molecule has 0 unspecified atom stereocenters. The van der Waals surface area contributed by atoms with E-state index in [-0.39, 0.29) is 5.91 Å². The average Bonchev–Trinajstić information content (AvgIpc) is 2.73. The van der Waals surface area contributed by atoms with Gasteiger partial charge in [0.1, 0.15) is 6.61 Å². The van der Waals surface area contributed by atoms with Gasteiger partial charge in [-0.2, -0.15) is 0 Å². The number of ether oxygens (including phenoxy) is 3. The van der Waals surface area contributed by atoms with Crippen molar-refractivity contribution in [1.82, 2.24) is 4.98 Å². The van der Waals surface area contributed by atoms with Crippen molar-refractivity contribution in [3.63, 3.8) is 0 Å². The molecule has 1 heterocycles. The number of pyridine rings is 1. The lowest BCUT2D eigenvalue weighted by Crippen LogP contribution is -2.13. The van der Waals surface area contributed by atoms with E-state index in [4.69, 9.17) is 14.2 Å². The first-order chi connectivity index (χ1) is 13.2. The summed E-state index contributed by atoms with van der Waals surface area (Å²) >= 11 is 0. The van der Waals surface area contributed by atoms with E-state index in [1.807, 2.05) is 30.3 Å². The van der Waals surface area contributed by atoms with E-state index >= 15 is 0 Å². The molecule has 0 saturated carbocycles. The van der Waals surface area contributed by atoms with Crippen LogP contribution in [0.2, 0.25) is 0 Å². The Morgan fingerprint density at radius 2 is 1.70 bits per heavy atom. The molecule has 6 nitrogen and oxygen atoms in total. The standard InChI is InChI=1S/C21H20N2O4/c1-25-18-11-16(21(24)23-17-9-6-10-22-13-17)12-19(26-2)20(18)27-14-15-7-4-3-5-8-15/h3-13H,14H2,1-2H3,(H,23,24). The highest BCUT2D eigenvalue weighted by Crippen LogP contribution is 2.39. The van der Waals surface area contributed by atoms with Crippen LogP contribution in [0.25, 0.3) is 0 Å². The van der Waals surface area contributed by atoms with Crippen LogP contribution >= 0.6 is 0 Å². The molecule has 0 aliphatic heterocycles. The van der Waals surface area contributed by atoms with E-state index in [0.717, 1.165) is 5.56 Å². The molecule has 0 radical (unpaired) electrons. The summed E-state index contributed by atoms with van der Waals surface area (Å²) in [5.74, 6) is 0.985. The summed E-state index contributed by atoms with van der Waals surface area (Å²) in [6, 6.07) is 16.5. The maximum absolute atomic E-state index is 12.6. The number of rotatable bonds is 7. The van der Waals surface area contributed by atoms with Gasteiger partial charge in [0.25, 0.3) is 5.91 Å². The van der Waals surface area contributed by atoms with Crippen LogP contribution in [0.3, 0.4) is 0 Å². The third kappa shape index (κ3) is 4.55. The largest absolute Gasteiger partial charge is 0.493 e. The summed E-state index contributed by atoms with van der Waals surface area (Å²) in [6.07, 6.45) is 3.21. The van der Waals surface area contributed by atoms with Gasteiger partial charge < -0.3 is 19.5 Å². The number of benzene rings is 2. The lowest BCUT2D eigenvalue weighted by atomic mass is 10.1. The Morgan fingerprint density at radius 1 is 1.00 bits per heavy atom. The highest BCUT2D eigenvalue weighted by atomic mass is 16.5. The molecule has 0 aliphatic carbocycles. The molecule has 138 valence electrons. The zero-order valence-electron chi connectivity index (χ0n) is 15.1. The third-order valence-electron chi connectivity index (χ3n) is 3.87. The average molecular weight is 364 g/mol. The topological polar surface area (TPSA) is 69.7 Å². The van der Waals surface area contributed by atoms with Gasteiger partial charge in [0.15, 0.2) is 11.5 Å². The van der Waals surface area contributed by atoms with Crippen molar-refractivity contribution < 1.29 is 19.0 Å². The van der Waals surface area contributed by atoms with Crippen molar-refractivity contribution in [1.29, 1.82) is 0 Å². The van der Waals surface area contributed by atoms with Crippen molar-refractivity contribution in [2.45, 2.75) is 6.61 Å². The number of carbonyl (C=O) groups excluding carboxylic acids is 1. The zero-order valence-corrected chi connectivity index (χ0v) is 15.1. The molecule has 2 aromatic carbocycles. The molecule has 0 bridgehead atoms. The predicted molar refractivity (Wildman–Crippen MR) is 103 cm³/mol. The number of hydrogen-bond acceptors (Lipinski definition) is 5. The summed E-state index contributed by atoms with van der Waals surface area (Å²) in [5, 5.41) is 2.78. The Bertz CT molecular complexity index is 874. The van der Waals surface area contributed by atoms with E-state index in [9.17, 15) is 4.79 Å². The van der Waals surface area contributed by atoms with Crippen molar-refractivity contribution in [2.24, 2.45) is 0 Å². The van der Waals surface area contributed by atoms with E-state index in [1.165, 1.54) is 14.2 Å². The van der Waals surface area contributed by atoms with Gasteiger partial charge in [-0.15, -0.1) is 0 Å². The van der Waals surface area contributed by atoms with Crippen LogP contribution in [0.15, 0.2) is 67.0 Å². The van der Waals surface area contributed by atoms with Crippen molar-refractivity contribution in [3.05, 3.63) is 78.1 Å². The van der Waals surface area contributed by atoms with Gasteiger partial charge in [-0.1, -0.05) is 30.3 Å². The third-order valence-corrected chi connectivity index (χ3v) is 3.87. The van der Waals surface area contributed by atoms with E-state index in [2.05, 4.69) is 10.3 Å². The fraction of sp³-hybridized carbons (Fsp3) is 0.143. The first-order valence-electron chi connectivity index (χ1n) is 8.35. The molecular formula is C21H20N2O4. The fourth-order valence-corrected chi connectivity index (χ4v) is 2.52. The predicted octanol–water partition coefficient (Wildman–Crippen LogP) is 3.93. The van der Waals surface area contributed by atoms with Crippen LogP contribution < -0.4 is 19.5 Å². The highest BCUT2D eigenvalue weighted by molar-refractivity contribution is 6.05. The normalized spacial score (nSPS) is 10.1. The first kappa shape index (κ1) is 18.3. The van der Waals surface area contributed by atoms with E-state index < -0.39 is 0 Å². The van der Waals surface area contributed by atoms with Gasteiger partial charge in [-0.05, 0) is 29.8 Å². The van der Waals surface area contributed by atoms with Crippen molar-refractivity contribution in [2.75, 3.05) is 19.5 Å². The van der Waals surface area contributed by atoms with Crippen LogP contribution in [0, 0.1) is 0 Å². The van der Waals surface area contributed by atoms with Gasteiger partial charge >= 0.3 is 0 Å². The van der Waals surface area contributed by atoms with E-state index in [0.29, 0.717) is 35.1 Å². The second kappa shape index (κ2) is 8.71. The maximum Gasteiger partial charge on any atom is 0.255 e. The molecule has 0 aliphatic rings. The van der Waals surface area contributed by atoms with Crippen LogP contribution in [-0.4, -0.2) is 25.1 Å². The molecule has 0 fully saturated rings. The zero-order chi connectivity index (χ0) is 19.1. The van der Waals surface area contributed by atoms with Crippen molar-refractivity contribution >= 4 is 11.6 Å². The van der Waals surface area contributed by atoms with Crippen LogP contribution in [0.4, 0.5) is 5.69 Å². The van der Waals surface area contributed by atoms with Gasteiger partial charge in [-0.25, -0.2) is 0 Å². The molecule has 0 saturated heterocycles. The quantitative estimate of drug-likeness (QED) is 0.688. The maximum atomic E-state index is 12.6. The van der Waals surface area contributed by atoms with Crippen LogP contribution in [-0.2, 0) is 6.61 Å². The van der Waals surface area contributed by atoms with Gasteiger partial charge in [0, 0.05) is 11.8 Å². The van der Waals surface area contributed by atoms with Gasteiger partial charge in [0.05, 0.1) is 26.1 Å². The Kier molecular flexibility index (Phi) is 5.89. The van der Waals surface area contributed by atoms with Crippen LogP contribution in [0.5, 0.6) is 17.2 Å². The molecular weight excluding hydrogens is 344 g/mol. The monoisotopic (exact) mass is 364 g/mol. The van der Waals surface area contributed by atoms with Crippen LogP contribution in [0.1, 0.15) is 15.9 Å². The molecule has 1 amide bonds. The summed E-state index contributed by atoms with van der Waals surface area (Å²) < 4.78 is 16.7. The first-order valence-corrected chi connectivity index (χ1v) is 8.35. The molecule has 0 spiro atoms. The molecule has 6 heteroatoms. The Hall–Kier alpha value is -3.54. The number of methoxy groups -OCH3 is 2. The second-order valence-corrected chi connectivity index (χ2v) is 5.68. The number of aromatic nitrogens is 1. The fourth-order valence-electron chi connectivity index (χ4n) is 2.52. The molecule has 0 atom stereocenters. The summed E-state index contributed by atoms with van der Waals surface area (Å²) in [6.45, 7) is 0.356. The summed E-state index contributed by atoms with van der Waals surface area (Å²) in [5.41, 5.74) is 2.00. The van der Waals surface area contributed by atoms with Crippen molar-refractivity contribution in [3.8, 4) is 17.2 Å². The second-order valence-electron chi connectivity index (χ2n) is 5.68. The number of anilines is 1. The number of amides is 1. The number of nitrogens with zero attached hydrogens (tertiary/aromatic N) is 1. The number of hydrogen-bond donors (Lipinski definition) is 1. The minimum atomic E-state index is -0.297. The number of carbonyl (C=O) groups is 1. The Balaban J connectivity index is 1.84. The lowest BCUT2D eigenvalue weighted by Gasteiger charge is -2.16. The minimum absolute atomic E-state index is 0.297. The minimum Gasteiger partial charge on any atom is -0.493 e. The van der Waals surface area contributed by atoms with Gasteiger partial charge in [-0.3, -0.25) is 9.78 Å². The molecule has 1 N–H and O–H groups in total. The molecule has 3 aromatic rings. The summed E-state index contributed by atoms with van der Waals surface area (Å²) in [4.78, 5) is 16.5. The summed E-state index contributed by atoms with van der Waals surface area (Å²) in [7, 11) is 3.04. The Labute approximate surface area is 157 Å². The molecule has 3 rings (SSSR count). The number of nitrogens with one attached hydrogen (secondary N) is 1. The molecule has 1 aromatic heterocycles. The highest BCUT2D eigenvalue weighted by Gasteiger charge is 2.18. The lowest BCUT2D eigenvalue weighted by molar-refractivity contribution is 0.102. The SMILES string of the molecule is COc1cc(C(=O)Nc2cccnc2)cc(OC)c1OCc1ccccc1. The Morgan fingerprint density at radius 3 is 2.30 bits per heavy atom. The van der Waals surface area contributed by atoms with Gasteiger partial charge in [0.2, 0.25) is 5.75 Å². The molecule has 27 heavy (non-hydrogen) atoms. The van der Waals surface area contributed by atoms with E-state index in [1.54, 1.807) is 36.7 Å².